The molecule has 1 aromatic carbocycles. The number of hydrogen-bond acceptors (Lipinski definition) is 11. The summed E-state index contributed by atoms with van der Waals surface area (Å²) in [6.45, 7) is 2.19. The number of esters is 1. The number of nitro groups is 1. The van der Waals surface area contributed by atoms with Gasteiger partial charge in [0.05, 0.1) is 19.1 Å². The van der Waals surface area contributed by atoms with Crippen LogP contribution in [0.5, 0.6) is 17.4 Å². The van der Waals surface area contributed by atoms with Crippen molar-refractivity contribution in [2.24, 2.45) is 0 Å². The highest BCUT2D eigenvalue weighted by atomic mass is 16.6. The highest BCUT2D eigenvalue weighted by molar-refractivity contribution is 5.92. The summed E-state index contributed by atoms with van der Waals surface area (Å²) in [5, 5.41) is 12.0. The van der Waals surface area contributed by atoms with Crippen molar-refractivity contribution >= 4 is 23.3 Å². The van der Waals surface area contributed by atoms with Crippen molar-refractivity contribution in [2.45, 2.75) is 0 Å². The first-order chi connectivity index (χ1) is 16.5. The van der Waals surface area contributed by atoms with Gasteiger partial charge in [-0.3, -0.25) is 10.1 Å². The van der Waals surface area contributed by atoms with Crippen molar-refractivity contribution in [3.05, 3.63) is 64.6 Å². The van der Waals surface area contributed by atoms with E-state index in [9.17, 15) is 14.9 Å². The van der Waals surface area contributed by atoms with Crippen LogP contribution in [0.1, 0.15) is 10.4 Å². The number of aromatic nitrogens is 3. The Morgan fingerprint density at radius 3 is 2.44 bits per heavy atom. The summed E-state index contributed by atoms with van der Waals surface area (Å²) >= 11 is 0. The Morgan fingerprint density at radius 2 is 1.79 bits per heavy atom. The van der Waals surface area contributed by atoms with Crippen molar-refractivity contribution in [3.8, 4) is 17.4 Å². The maximum absolute atomic E-state index is 12.2. The molecule has 1 aliphatic rings. The number of hydrogen-bond donors (Lipinski definition) is 0. The topological polar surface area (TPSA) is 133 Å². The fourth-order valence-corrected chi connectivity index (χ4v) is 3.60. The molecule has 0 bridgehead atoms. The second kappa shape index (κ2) is 9.98. The summed E-state index contributed by atoms with van der Waals surface area (Å²) < 4.78 is 15.7. The quantitative estimate of drug-likeness (QED) is 0.289. The number of piperazine rings is 1. The molecule has 3 heterocycles. The van der Waals surface area contributed by atoms with E-state index in [-0.39, 0.29) is 23.0 Å². The van der Waals surface area contributed by atoms with Gasteiger partial charge in [-0.25, -0.2) is 14.8 Å². The summed E-state index contributed by atoms with van der Waals surface area (Å²) in [5.74, 6) is 0.430. The van der Waals surface area contributed by atoms with Crippen LogP contribution in [-0.2, 0) is 4.74 Å². The average Bonchev–Trinajstić information content (AvgIpc) is 2.88. The van der Waals surface area contributed by atoms with E-state index in [1.807, 2.05) is 18.2 Å². The molecule has 1 aliphatic heterocycles. The Bertz CT molecular complexity index is 1180. The van der Waals surface area contributed by atoms with Crippen molar-refractivity contribution in [1.29, 1.82) is 0 Å². The van der Waals surface area contributed by atoms with E-state index in [2.05, 4.69) is 19.9 Å². The predicted octanol–water partition coefficient (Wildman–Crippen LogP) is 2.69. The summed E-state index contributed by atoms with van der Waals surface area (Å²) in [7, 11) is 2.68. The average molecular weight is 466 g/mol. The Morgan fingerprint density at radius 1 is 1.03 bits per heavy atom. The minimum absolute atomic E-state index is 0.0129. The van der Waals surface area contributed by atoms with Gasteiger partial charge in [0.25, 0.3) is 0 Å². The fourth-order valence-electron chi connectivity index (χ4n) is 3.60. The molecule has 2 aromatic heterocycles. The van der Waals surface area contributed by atoms with Gasteiger partial charge in [-0.2, -0.15) is 4.98 Å². The number of rotatable bonds is 7. The Balaban J connectivity index is 1.63. The standard InChI is InChI=1S/C22H22N6O6/c1-32-15-6-7-16(22(29)33-2)17(13-15)34-21-19(28(30)31)20(24-14-25-21)27-11-9-26(10-12-27)18-5-3-4-8-23-18/h3-8,13-14H,9-12H2,1-2H3. The van der Waals surface area contributed by atoms with E-state index in [0.29, 0.717) is 31.9 Å². The molecule has 176 valence electrons. The maximum Gasteiger partial charge on any atom is 0.373 e. The second-order valence-electron chi connectivity index (χ2n) is 7.23. The van der Waals surface area contributed by atoms with Crippen LogP contribution in [0.25, 0.3) is 0 Å². The number of carbonyl (C=O) groups is 1. The summed E-state index contributed by atoms with van der Waals surface area (Å²) in [4.78, 5) is 40.0. The van der Waals surface area contributed by atoms with E-state index in [0.717, 1.165) is 5.82 Å². The largest absolute Gasteiger partial charge is 0.497 e. The molecule has 12 heteroatoms. The summed E-state index contributed by atoms with van der Waals surface area (Å²) in [6.07, 6.45) is 2.92. The normalized spacial score (nSPS) is 13.4. The minimum Gasteiger partial charge on any atom is -0.497 e. The van der Waals surface area contributed by atoms with Crippen molar-refractivity contribution < 1.29 is 23.9 Å². The zero-order chi connectivity index (χ0) is 24.1. The van der Waals surface area contributed by atoms with Gasteiger partial charge in [0.1, 0.15) is 29.2 Å². The third-order valence-electron chi connectivity index (χ3n) is 5.31. The molecule has 12 nitrogen and oxygen atoms in total. The second-order valence-corrected chi connectivity index (χ2v) is 7.23. The van der Waals surface area contributed by atoms with Gasteiger partial charge in [0, 0.05) is 38.4 Å². The van der Waals surface area contributed by atoms with Crippen molar-refractivity contribution in [1.82, 2.24) is 15.0 Å². The Hall–Kier alpha value is -4.48. The molecule has 4 rings (SSSR count). The van der Waals surface area contributed by atoms with Gasteiger partial charge in [0.15, 0.2) is 0 Å². The molecular formula is C22H22N6O6. The third kappa shape index (κ3) is 4.65. The molecule has 1 saturated heterocycles. The van der Waals surface area contributed by atoms with Crippen molar-refractivity contribution in [3.63, 3.8) is 0 Å². The van der Waals surface area contributed by atoms with E-state index in [4.69, 9.17) is 14.2 Å². The van der Waals surface area contributed by atoms with Gasteiger partial charge < -0.3 is 24.0 Å². The molecule has 0 unspecified atom stereocenters. The first-order valence-electron chi connectivity index (χ1n) is 10.4. The first-order valence-corrected chi connectivity index (χ1v) is 10.4. The van der Waals surface area contributed by atoms with E-state index in [1.165, 1.54) is 32.7 Å². The monoisotopic (exact) mass is 466 g/mol. The smallest absolute Gasteiger partial charge is 0.373 e. The number of pyridine rings is 1. The molecule has 0 spiro atoms. The highest BCUT2D eigenvalue weighted by Crippen LogP contribution is 2.38. The first kappa shape index (κ1) is 22.7. The zero-order valence-corrected chi connectivity index (χ0v) is 18.6. The van der Waals surface area contributed by atoms with Crippen LogP contribution in [0.4, 0.5) is 17.3 Å². The molecule has 0 N–H and O–H groups in total. The Labute approximate surface area is 194 Å². The number of anilines is 2. The number of ether oxygens (including phenoxy) is 3. The lowest BCUT2D eigenvalue weighted by Crippen LogP contribution is -2.47. The molecule has 0 saturated carbocycles. The molecule has 3 aromatic rings. The van der Waals surface area contributed by atoms with Crippen LogP contribution >= 0.6 is 0 Å². The van der Waals surface area contributed by atoms with Crippen LogP contribution in [-0.4, -0.2) is 66.2 Å². The van der Waals surface area contributed by atoms with Crippen LogP contribution in [0, 0.1) is 10.1 Å². The lowest BCUT2D eigenvalue weighted by Gasteiger charge is -2.35. The van der Waals surface area contributed by atoms with Gasteiger partial charge in [-0.1, -0.05) is 6.07 Å². The molecular weight excluding hydrogens is 444 g/mol. The molecule has 0 radical (unpaired) electrons. The van der Waals surface area contributed by atoms with Gasteiger partial charge in [-0.15, -0.1) is 0 Å². The number of carbonyl (C=O) groups excluding carboxylic acids is 1. The highest BCUT2D eigenvalue weighted by Gasteiger charge is 2.31. The lowest BCUT2D eigenvalue weighted by molar-refractivity contribution is -0.385. The van der Waals surface area contributed by atoms with E-state index < -0.39 is 16.6 Å². The lowest BCUT2D eigenvalue weighted by atomic mass is 10.2. The van der Waals surface area contributed by atoms with E-state index >= 15 is 0 Å². The van der Waals surface area contributed by atoms with Gasteiger partial charge in [-0.05, 0) is 24.3 Å². The van der Waals surface area contributed by atoms with E-state index in [1.54, 1.807) is 17.2 Å². The zero-order valence-electron chi connectivity index (χ0n) is 18.6. The van der Waals surface area contributed by atoms with Crippen LogP contribution in [0.15, 0.2) is 48.9 Å². The molecule has 1 fully saturated rings. The van der Waals surface area contributed by atoms with Crippen LogP contribution < -0.4 is 19.3 Å². The van der Waals surface area contributed by atoms with Gasteiger partial charge >= 0.3 is 17.5 Å². The third-order valence-corrected chi connectivity index (χ3v) is 5.31. The summed E-state index contributed by atoms with van der Waals surface area (Å²) in [6, 6.07) is 10.1. The minimum atomic E-state index is -0.666. The molecule has 0 amide bonds. The molecule has 0 atom stereocenters. The number of methoxy groups -OCH3 is 2. The predicted molar refractivity (Wildman–Crippen MR) is 122 cm³/mol. The molecule has 34 heavy (non-hydrogen) atoms. The number of nitrogens with zero attached hydrogens (tertiary/aromatic N) is 6. The SMILES string of the molecule is COC(=O)c1ccc(OC)cc1Oc1ncnc(N2CCN(c3ccccn3)CC2)c1[N+](=O)[O-]. The Kier molecular flexibility index (Phi) is 6.67. The number of benzene rings is 1. The molecule has 0 aliphatic carbocycles. The van der Waals surface area contributed by atoms with Crippen LogP contribution in [0.3, 0.4) is 0 Å². The van der Waals surface area contributed by atoms with Crippen molar-refractivity contribution in [2.75, 3.05) is 50.2 Å². The fraction of sp³-hybridized carbons (Fsp3) is 0.273. The maximum atomic E-state index is 12.2. The van der Waals surface area contributed by atoms with Gasteiger partial charge in [0.2, 0.25) is 5.82 Å². The summed E-state index contributed by atoms with van der Waals surface area (Å²) in [5.41, 5.74) is -0.325. The van der Waals surface area contributed by atoms with Crippen LogP contribution in [0.2, 0.25) is 0 Å².